The lowest BCUT2D eigenvalue weighted by Crippen LogP contribution is -2.13. The average molecular weight is 327 g/mol. The van der Waals surface area contributed by atoms with Gasteiger partial charge in [0.1, 0.15) is 12.4 Å². The van der Waals surface area contributed by atoms with Gasteiger partial charge in [0, 0.05) is 5.56 Å². The molecular formula is C19H21NO4. The van der Waals surface area contributed by atoms with E-state index in [1.807, 2.05) is 62.4 Å². The zero-order valence-corrected chi connectivity index (χ0v) is 14.1. The molecule has 0 aliphatic rings. The van der Waals surface area contributed by atoms with Gasteiger partial charge in [0.05, 0.1) is 12.8 Å². The highest BCUT2D eigenvalue weighted by molar-refractivity contribution is 5.98. The second kappa shape index (κ2) is 8.72. The van der Waals surface area contributed by atoms with Crippen LogP contribution in [0.1, 0.15) is 23.6 Å². The van der Waals surface area contributed by atoms with Crippen molar-refractivity contribution in [1.82, 2.24) is 0 Å². The van der Waals surface area contributed by atoms with Crippen molar-refractivity contribution in [3.8, 4) is 5.75 Å². The van der Waals surface area contributed by atoms with Crippen molar-refractivity contribution in [3.63, 3.8) is 0 Å². The normalized spacial score (nSPS) is 11.0. The predicted octanol–water partition coefficient (Wildman–Crippen LogP) is 3.49. The van der Waals surface area contributed by atoms with E-state index >= 15 is 0 Å². The Hall–Kier alpha value is -2.82. The van der Waals surface area contributed by atoms with Gasteiger partial charge in [-0.1, -0.05) is 47.6 Å². The molecule has 2 rings (SSSR count). The van der Waals surface area contributed by atoms with Gasteiger partial charge >= 0.3 is 5.97 Å². The van der Waals surface area contributed by atoms with Crippen molar-refractivity contribution in [2.24, 2.45) is 5.16 Å². The number of ether oxygens (including phenoxy) is 2. The average Bonchev–Trinajstić information content (AvgIpc) is 2.61. The molecule has 0 radical (unpaired) electrons. The lowest BCUT2D eigenvalue weighted by atomic mass is 10.1. The molecule has 0 amide bonds. The van der Waals surface area contributed by atoms with Crippen LogP contribution in [0.3, 0.4) is 0 Å². The van der Waals surface area contributed by atoms with Crippen LogP contribution in [0.15, 0.2) is 53.7 Å². The lowest BCUT2D eigenvalue weighted by molar-refractivity contribution is -0.142. The summed E-state index contributed by atoms with van der Waals surface area (Å²) >= 11 is 0. The van der Waals surface area contributed by atoms with E-state index < -0.39 is 5.97 Å². The summed E-state index contributed by atoms with van der Waals surface area (Å²) in [7, 11) is 1.33. The smallest absolute Gasteiger partial charge is 0.343 e. The highest BCUT2D eigenvalue weighted by Gasteiger charge is 2.07. The fourth-order valence-electron chi connectivity index (χ4n) is 2.01. The molecule has 5 heteroatoms. The Morgan fingerprint density at radius 2 is 1.88 bits per heavy atom. The first-order valence-corrected chi connectivity index (χ1v) is 7.61. The largest absolute Gasteiger partial charge is 0.482 e. The highest BCUT2D eigenvalue weighted by atomic mass is 16.6. The van der Waals surface area contributed by atoms with Crippen LogP contribution in [-0.4, -0.2) is 25.4 Å². The fraction of sp³-hybridized carbons (Fsp3) is 0.263. The highest BCUT2D eigenvalue weighted by Crippen LogP contribution is 2.20. The Bertz CT molecular complexity index is 711. The standard InChI is InChI=1S/C19H21NO4/c1-14-9-10-17(11-18(14)23-13-19(21)22-3)15(2)20-24-12-16-7-5-4-6-8-16/h4-11H,12-13H2,1-3H3. The van der Waals surface area contributed by atoms with Crippen LogP contribution in [-0.2, 0) is 21.0 Å². The number of methoxy groups -OCH3 is 1. The molecule has 0 bridgehead atoms. The van der Waals surface area contributed by atoms with E-state index in [0.717, 1.165) is 22.4 Å². The third kappa shape index (κ3) is 5.12. The molecule has 0 saturated carbocycles. The summed E-state index contributed by atoms with van der Waals surface area (Å²) in [4.78, 5) is 16.6. The van der Waals surface area contributed by atoms with Crippen molar-refractivity contribution < 1.29 is 19.1 Å². The molecule has 2 aromatic carbocycles. The number of carbonyl (C=O) groups excluding carboxylic acids is 1. The van der Waals surface area contributed by atoms with Gasteiger partial charge in [-0.2, -0.15) is 0 Å². The van der Waals surface area contributed by atoms with Gasteiger partial charge in [-0.3, -0.25) is 0 Å². The summed E-state index contributed by atoms with van der Waals surface area (Å²) in [5, 5.41) is 4.14. The Balaban J connectivity index is 2.01. The minimum Gasteiger partial charge on any atom is -0.482 e. The molecule has 0 heterocycles. The predicted molar refractivity (Wildman–Crippen MR) is 92.1 cm³/mol. The third-order valence-electron chi connectivity index (χ3n) is 3.45. The van der Waals surface area contributed by atoms with E-state index in [2.05, 4.69) is 9.89 Å². The zero-order chi connectivity index (χ0) is 17.4. The molecule has 0 aliphatic heterocycles. The number of hydrogen-bond acceptors (Lipinski definition) is 5. The Morgan fingerprint density at radius 3 is 2.58 bits per heavy atom. The number of carbonyl (C=O) groups is 1. The monoisotopic (exact) mass is 327 g/mol. The van der Waals surface area contributed by atoms with Crippen molar-refractivity contribution in [3.05, 3.63) is 65.2 Å². The fourth-order valence-corrected chi connectivity index (χ4v) is 2.01. The topological polar surface area (TPSA) is 57.1 Å². The summed E-state index contributed by atoms with van der Waals surface area (Å²) in [5.74, 6) is 0.201. The van der Waals surface area contributed by atoms with Crippen LogP contribution in [0.5, 0.6) is 5.75 Å². The van der Waals surface area contributed by atoms with Crippen molar-refractivity contribution in [1.29, 1.82) is 0 Å². The maximum absolute atomic E-state index is 11.2. The maximum Gasteiger partial charge on any atom is 0.343 e. The molecule has 0 aromatic heterocycles. The van der Waals surface area contributed by atoms with E-state index in [0.29, 0.717) is 12.4 Å². The first kappa shape index (κ1) is 17.5. The van der Waals surface area contributed by atoms with Crippen molar-refractivity contribution in [2.75, 3.05) is 13.7 Å². The van der Waals surface area contributed by atoms with E-state index in [9.17, 15) is 4.79 Å². The minimum atomic E-state index is -0.420. The SMILES string of the molecule is COC(=O)COc1cc(C(C)=NOCc2ccccc2)ccc1C. The molecule has 0 N–H and O–H groups in total. The molecule has 126 valence electrons. The van der Waals surface area contributed by atoms with Gasteiger partial charge < -0.3 is 14.3 Å². The molecule has 5 nitrogen and oxygen atoms in total. The van der Waals surface area contributed by atoms with Crippen LogP contribution >= 0.6 is 0 Å². The number of esters is 1. The van der Waals surface area contributed by atoms with Gasteiger partial charge in [-0.05, 0) is 31.0 Å². The summed E-state index contributed by atoms with van der Waals surface area (Å²) in [6.45, 7) is 4.06. The number of aryl methyl sites for hydroxylation is 1. The van der Waals surface area contributed by atoms with Gasteiger partial charge in [0.2, 0.25) is 0 Å². The Labute approximate surface area is 141 Å². The summed E-state index contributed by atoms with van der Waals surface area (Å²) < 4.78 is 10.1. The van der Waals surface area contributed by atoms with E-state index in [1.54, 1.807) is 0 Å². The van der Waals surface area contributed by atoms with Crippen molar-refractivity contribution >= 4 is 11.7 Å². The lowest BCUT2D eigenvalue weighted by Gasteiger charge is -2.10. The van der Waals surface area contributed by atoms with Crippen LogP contribution in [0, 0.1) is 6.92 Å². The maximum atomic E-state index is 11.2. The van der Waals surface area contributed by atoms with E-state index in [4.69, 9.17) is 9.57 Å². The number of oxime groups is 1. The number of nitrogens with zero attached hydrogens (tertiary/aromatic N) is 1. The van der Waals surface area contributed by atoms with Crippen LogP contribution in [0.2, 0.25) is 0 Å². The zero-order valence-electron chi connectivity index (χ0n) is 14.1. The summed E-state index contributed by atoms with van der Waals surface area (Å²) in [6, 6.07) is 15.5. The molecule has 24 heavy (non-hydrogen) atoms. The number of hydrogen-bond donors (Lipinski definition) is 0. The van der Waals surface area contributed by atoms with Crippen LogP contribution in [0.25, 0.3) is 0 Å². The minimum absolute atomic E-state index is 0.124. The number of benzene rings is 2. The van der Waals surface area contributed by atoms with Gasteiger partial charge in [-0.25, -0.2) is 4.79 Å². The molecule has 0 saturated heterocycles. The molecular weight excluding hydrogens is 306 g/mol. The number of rotatable bonds is 7. The Morgan fingerprint density at radius 1 is 1.12 bits per heavy atom. The van der Waals surface area contributed by atoms with E-state index in [1.165, 1.54) is 7.11 Å². The quantitative estimate of drug-likeness (QED) is 0.444. The molecule has 0 aliphatic carbocycles. The van der Waals surface area contributed by atoms with Gasteiger partial charge in [-0.15, -0.1) is 0 Å². The Kier molecular flexibility index (Phi) is 6.37. The first-order chi connectivity index (χ1) is 11.6. The molecule has 0 spiro atoms. The van der Waals surface area contributed by atoms with Crippen molar-refractivity contribution in [2.45, 2.75) is 20.5 Å². The van der Waals surface area contributed by atoms with Gasteiger partial charge in [0.25, 0.3) is 0 Å². The summed E-state index contributed by atoms with van der Waals surface area (Å²) in [6.07, 6.45) is 0. The van der Waals surface area contributed by atoms with E-state index in [-0.39, 0.29) is 6.61 Å². The van der Waals surface area contributed by atoms with Gasteiger partial charge in [0.15, 0.2) is 6.61 Å². The molecule has 0 fully saturated rings. The second-order valence-corrected chi connectivity index (χ2v) is 5.28. The third-order valence-corrected chi connectivity index (χ3v) is 3.45. The van der Waals surface area contributed by atoms with Crippen LogP contribution in [0.4, 0.5) is 0 Å². The summed E-state index contributed by atoms with van der Waals surface area (Å²) in [5.41, 5.74) is 3.59. The second-order valence-electron chi connectivity index (χ2n) is 5.28. The molecule has 0 atom stereocenters. The first-order valence-electron chi connectivity index (χ1n) is 7.61. The molecule has 0 unspecified atom stereocenters. The molecule has 2 aromatic rings. The van der Waals surface area contributed by atoms with Crippen LogP contribution < -0.4 is 4.74 Å².